The van der Waals surface area contributed by atoms with Crippen molar-refractivity contribution in [3.8, 4) is 11.5 Å². The fourth-order valence-corrected chi connectivity index (χ4v) is 1.51. The molecule has 0 heterocycles. The van der Waals surface area contributed by atoms with Crippen molar-refractivity contribution in [3.05, 3.63) is 59.9 Å². The maximum Gasteiger partial charge on any atom is 0.707 e. The van der Waals surface area contributed by atoms with E-state index in [9.17, 15) is 4.39 Å². The number of rotatable bonds is 5. The third kappa shape index (κ3) is 3.98. The molecule has 2 rings (SSSR count). The Kier molecular flexibility index (Phi) is 4.38. The van der Waals surface area contributed by atoms with Gasteiger partial charge in [0.05, 0.1) is 0 Å². The molecule has 98 valence electrons. The molecule has 2 N–H and O–H groups in total. The standard InChI is InChI=1S/C13H12BFO4/c15-13-4-2-1-3-10(13)9-18-11-5-7-12(8-6-11)19-14(16)17/h1-8,16-17H,9H2. The van der Waals surface area contributed by atoms with Crippen LogP contribution in [0.3, 0.4) is 0 Å². The van der Waals surface area contributed by atoms with Crippen LogP contribution in [-0.2, 0) is 6.61 Å². The molecular weight excluding hydrogens is 250 g/mol. The molecule has 0 unspecified atom stereocenters. The Morgan fingerprint density at radius 3 is 2.21 bits per heavy atom. The number of halogens is 1. The second-order valence-corrected chi connectivity index (χ2v) is 3.80. The van der Waals surface area contributed by atoms with Gasteiger partial charge in [-0.25, -0.2) is 4.39 Å². The Bertz CT molecular complexity index is 530. The summed E-state index contributed by atoms with van der Waals surface area (Å²) >= 11 is 0. The first-order valence-electron chi connectivity index (χ1n) is 5.64. The quantitative estimate of drug-likeness (QED) is 0.806. The lowest BCUT2D eigenvalue weighted by Gasteiger charge is -2.08. The van der Waals surface area contributed by atoms with Gasteiger partial charge in [0.25, 0.3) is 0 Å². The minimum Gasteiger partial charge on any atom is -0.512 e. The molecule has 0 fully saturated rings. The lowest BCUT2D eigenvalue weighted by Crippen LogP contribution is -2.20. The van der Waals surface area contributed by atoms with E-state index in [1.54, 1.807) is 30.3 Å². The molecule has 0 aliphatic carbocycles. The van der Waals surface area contributed by atoms with Gasteiger partial charge in [0.1, 0.15) is 23.9 Å². The van der Waals surface area contributed by atoms with Gasteiger partial charge in [-0.2, -0.15) is 0 Å². The van der Waals surface area contributed by atoms with Crippen LogP contribution in [-0.4, -0.2) is 17.4 Å². The first-order chi connectivity index (χ1) is 9.15. The highest BCUT2D eigenvalue weighted by Crippen LogP contribution is 2.19. The zero-order valence-corrected chi connectivity index (χ0v) is 9.99. The van der Waals surface area contributed by atoms with Gasteiger partial charge in [-0.3, -0.25) is 0 Å². The van der Waals surface area contributed by atoms with Crippen LogP contribution in [0.5, 0.6) is 11.5 Å². The molecule has 2 aromatic rings. The van der Waals surface area contributed by atoms with Gasteiger partial charge in [0.2, 0.25) is 0 Å². The Morgan fingerprint density at radius 2 is 1.58 bits per heavy atom. The maximum absolute atomic E-state index is 13.3. The summed E-state index contributed by atoms with van der Waals surface area (Å²) < 4.78 is 23.4. The highest BCUT2D eigenvalue weighted by molar-refractivity contribution is 6.33. The van der Waals surface area contributed by atoms with Crippen molar-refractivity contribution in [3.63, 3.8) is 0 Å². The second kappa shape index (κ2) is 6.22. The molecule has 0 amide bonds. The SMILES string of the molecule is OB(O)Oc1ccc(OCc2ccccc2F)cc1. The molecule has 0 atom stereocenters. The fraction of sp³-hybridized carbons (Fsp3) is 0.0769. The van der Waals surface area contributed by atoms with Crippen molar-refractivity contribution in [2.24, 2.45) is 0 Å². The maximum atomic E-state index is 13.3. The Hall–Kier alpha value is -2.05. The minimum atomic E-state index is -1.86. The first kappa shape index (κ1) is 13.4. The van der Waals surface area contributed by atoms with E-state index in [4.69, 9.17) is 14.8 Å². The average molecular weight is 262 g/mol. The topological polar surface area (TPSA) is 58.9 Å². The summed E-state index contributed by atoms with van der Waals surface area (Å²) in [5.74, 6) is 0.516. The normalized spacial score (nSPS) is 10.1. The highest BCUT2D eigenvalue weighted by atomic mass is 19.1. The molecule has 0 aliphatic heterocycles. The lowest BCUT2D eigenvalue weighted by atomic mass is 10.2. The summed E-state index contributed by atoms with van der Waals surface area (Å²) in [7, 11) is -1.86. The van der Waals surface area contributed by atoms with E-state index in [1.165, 1.54) is 18.2 Å². The first-order valence-corrected chi connectivity index (χ1v) is 5.64. The second-order valence-electron chi connectivity index (χ2n) is 3.80. The van der Waals surface area contributed by atoms with Gasteiger partial charge >= 0.3 is 7.32 Å². The number of ether oxygens (including phenoxy) is 1. The van der Waals surface area contributed by atoms with Crippen molar-refractivity contribution >= 4 is 7.32 Å². The smallest absolute Gasteiger partial charge is 0.512 e. The van der Waals surface area contributed by atoms with Crippen molar-refractivity contribution in [2.45, 2.75) is 6.61 Å². The van der Waals surface area contributed by atoms with Gasteiger partial charge in [0, 0.05) is 5.56 Å². The molecule has 0 aliphatic rings. The van der Waals surface area contributed by atoms with Crippen molar-refractivity contribution < 1.29 is 23.8 Å². The van der Waals surface area contributed by atoms with E-state index in [1.807, 2.05) is 0 Å². The van der Waals surface area contributed by atoms with Gasteiger partial charge in [-0.1, -0.05) is 18.2 Å². The van der Waals surface area contributed by atoms with Gasteiger partial charge < -0.3 is 19.4 Å². The summed E-state index contributed by atoms with van der Waals surface area (Å²) in [5.41, 5.74) is 0.466. The monoisotopic (exact) mass is 262 g/mol. The largest absolute Gasteiger partial charge is 0.707 e. The molecule has 0 aromatic heterocycles. The molecule has 4 nitrogen and oxygen atoms in total. The average Bonchev–Trinajstić information content (AvgIpc) is 2.39. The lowest BCUT2D eigenvalue weighted by molar-refractivity contribution is 0.285. The predicted molar refractivity (Wildman–Crippen MR) is 68.0 cm³/mol. The zero-order valence-electron chi connectivity index (χ0n) is 9.99. The van der Waals surface area contributed by atoms with Gasteiger partial charge in [-0.05, 0) is 30.3 Å². The molecule has 19 heavy (non-hydrogen) atoms. The summed E-state index contributed by atoms with van der Waals surface area (Å²) in [6.45, 7) is 0.121. The van der Waals surface area contributed by atoms with E-state index < -0.39 is 7.32 Å². The number of hydrogen-bond acceptors (Lipinski definition) is 4. The predicted octanol–water partition coefficient (Wildman–Crippen LogP) is 1.75. The summed E-state index contributed by atoms with van der Waals surface area (Å²) in [6.07, 6.45) is 0. The van der Waals surface area contributed by atoms with E-state index in [0.29, 0.717) is 17.1 Å². The Balaban J connectivity index is 1.95. The van der Waals surface area contributed by atoms with Crippen LogP contribution in [0, 0.1) is 5.82 Å². The fourth-order valence-electron chi connectivity index (χ4n) is 1.51. The molecular formula is C13H12BFO4. The molecule has 6 heteroatoms. The molecule has 2 aromatic carbocycles. The van der Waals surface area contributed by atoms with Crippen molar-refractivity contribution in [2.75, 3.05) is 0 Å². The third-order valence-corrected chi connectivity index (χ3v) is 2.42. The van der Waals surface area contributed by atoms with E-state index in [0.717, 1.165) is 0 Å². The van der Waals surface area contributed by atoms with E-state index in [2.05, 4.69) is 4.65 Å². The molecule has 0 saturated carbocycles. The van der Waals surface area contributed by atoms with Crippen LogP contribution in [0.4, 0.5) is 4.39 Å². The highest BCUT2D eigenvalue weighted by Gasteiger charge is 2.10. The number of benzene rings is 2. The summed E-state index contributed by atoms with van der Waals surface area (Å²) in [6, 6.07) is 12.6. The summed E-state index contributed by atoms with van der Waals surface area (Å²) in [4.78, 5) is 0. The molecule has 0 radical (unpaired) electrons. The Morgan fingerprint density at radius 1 is 0.947 bits per heavy atom. The zero-order chi connectivity index (χ0) is 13.7. The van der Waals surface area contributed by atoms with Crippen molar-refractivity contribution in [1.29, 1.82) is 0 Å². The van der Waals surface area contributed by atoms with E-state index >= 15 is 0 Å². The van der Waals surface area contributed by atoms with Crippen LogP contribution in [0.1, 0.15) is 5.56 Å². The van der Waals surface area contributed by atoms with Crippen LogP contribution < -0.4 is 9.39 Å². The van der Waals surface area contributed by atoms with Crippen LogP contribution >= 0.6 is 0 Å². The summed E-state index contributed by atoms with van der Waals surface area (Å²) in [5, 5.41) is 17.2. The minimum absolute atomic E-state index is 0.121. The molecule has 0 spiro atoms. The van der Waals surface area contributed by atoms with E-state index in [-0.39, 0.29) is 12.4 Å². The van der Waals surface area contributed by atoms with Crippen LogP contribution in [0.15, 0.2) is 48.5 Å². The van der Waals surface area contributed by atoms with Gasteiger partial charge in [0.15, 0.2) is 0 Å². The Labute approximate surface area is 110 Å². The third-order valence-electron chi connectivity index (χ3n) is 2.42. The molecule has 0 saturated heterocycles. The molecule has 0 bridgehead atoms. The van der Waals surface area contributed by atoms with Crippen LogP contribution in [0.2, 0.25) is 0 Å². The van der Waals surface area contributed by atoms with Crippen molar-refractivity contribution in [1.82, 2.24) is 0 Å². The van der Waals surface area contributed by atoms with Gasteiger partial charge in [-0.15, -0.1) is 0 Å². The number of hydrogen-bond donors (Lipinski definition) is 2. The van der Waals surface area contributed by atoms with Crippen LogP contribution in [0.25, 0.3) is 0 Å².